The second-order valence-electron chi connectivity index (χ2n) is 5.06. The number of halogens is 1. The van der Waals surface area contributed by atoms with E-state index in [2.05, 4.69) is 15.5 Å². The Labute approximate surface area is 128 Å². The summed E-state index contributed by atoms with van der Waals surface area (Å²) >= 11 is 0. The maximum absolute atomic E-state index is 12.9. The van der Waals surface area contributed by atoms with Gasteiger partial charge in [-0.2, -0.15) is 4.98 Å². The van der Waals surface area contributed by atoms with E-state index in [0.29, 0.717) is 23.8 Å². The summed E-state index contributed by atoms with van der Waals surface area (Å²) in [6.07, 6.45) is 0.883. The van der Waals surface area contributed by atoms with E-state index >= 15 is 0 Å². The number of hydrogen-bond acceptors (Lipinski definition) is 4. The Morgan fingerprint density at radius 1 is 1.41 bits per heavy atom. The van der Waals surface area contributed by atoms with Crippen LogP contribution >= 0.6 is 0 Å². The zero-order valence-electron chi connectivity index (χ0n) is 12.8. The van der Waals surface area contributed by atoms with Gasteiger partial charge in [0.25, 0.3) is 0 Å². The van der Waals surface area contributed by atoms with Gasteiger partial charge in [0, 0.05) is 19.2 Å². The molecule has 1 aromatic carbocycles. The first kappa shape index (κ1) is 15.9. The molecular formula is C15H19FN4O2. The molecule has 0 aliphatic carbocycles. The van der Waals surface area contributed by atoms with Crippen LogP contribution in [0, 0.1) is 5.82 Å². The lowest BCUT2D eigenvalue weighted by Gasteiger charge is -2.18. The molecule has 0 fully saturated rings. The highest BCUT2D eigenvalue weighted by Crippen LogP contribution is 2.19. The van der Waals surface area contributed by atoms with E-state index in [1.807, 2.05) is 6.92 Å². The largest absolute Gasteiger partial charge is 0.337 e. The Bertz CT molecular complexity index is 627. The number of carbonyl (C=O) groups is 1. The topological polar surface area (TPSA) is 71.3 Å². The highest BCUT2D eigenvalue weighted by molar-refractivity contribution is 5.74. The number of hydrogen-bond donors (Lipinski definition) is 1. The molecular weight excluding hydrogens is 287 g/mol. The molecule has 6 nitrogen and oxygen atoms in total. The van der Waals surface area contributed by atoms with E-state index in [1.54, 1.807) is 31.0 Å². The molecule has 1 atom stereocenters. The Morgan fingerprint density at radius 2 is 2.09 bits per heavy atom. The number of carbonyl (C=O) groups excluding carboxylic acids is 1. The summed E-state index contributed by atoms with van der Waals surface area (Å²) in [4.78, 5) is 17.7. The Hall–Kier alpha value is -2.44. The number of aromatic nitrogens is 2. The highest BCUT2D eigenvalue weighted by atomic mass is 19.1. The molecule has 1 aromatic heterocycles. The van der Waals surface area contributed by atoms with Gasteiger partial charge in [0.15, 0.2) is 0 Å². The van der Waals surface area contributed by atoms with Crippen LogP contribution in [-0.2, 0) is 0 Å². The van der Waals surface area contributed by atoms with E-state index in [9.17, 15) is 9.18 Å². The molecule has 2 rings (SSSR count). The molecule has 0 aliphatic heterocycles. The summed E-state index contributed by atoms with van der Waals surface area (Å²) in [5.74, 6) is 0.336. The molecule has 0 aliphatic rings. The van der Waals surface area contributed by atoms with Crippen molar-refractivity contribution in [1.29, 1.82) is 0 Å². The number of rotatable bonds is 5. The molecule has 1 heterocycles. The van der Waals surface area contributed by atoms with Gasteiger partial charge in [0.2, 0.25) is 11.7 Å². The molecule has 22 heavy (non-hydrogen) atoms. The molecule has 0 saturated heterocycles. The Morgan fingerprint density at radius 3 is 2.73 bits per heavy atom. The van der Waals surface area contributed by atoms with Crippen molar-refractivity contribution in [3.8, 4) is 11.4 Å². The summed E-state index contributed by atoms with van der Waals surface area (Å²) < 4.78 is 18.1. The summed E-state index contributed by atoms with van der Waals surface area (Å²) in [6, 6.07) is 5.20. The van der Waals surface area contributed by atoms with Gasteiger partial charge < -0.3 is 14.7 Å². The van der Waals surface area contributed by atoms with Crippen LogP contribution in [0.3, 0.4) is 0 Å². The average Bonchev–Trinajstić information content (AvgIpc) is 2.98. The molecule has 7 heteroatoms. The summed E-state index contributed by atoms with van der Waals surface area (Å²) in [6.45, 7) is 4.43. The summed E-state index contributed by atoms with van der Waals surface area (Å²) in [5, 5.41) is 6.64. The molecule has 2 amide bonds. The molecule has 1 N–H and O–H groups in total. The second-order valence-corrected chi connectivity index (χ2v) is 5.06. The van der Waals surface area contributed by atoms with Crippen molar-refractivity contribution in [1.82, 2.24) is 20.4 Å². The van der Waals surface area contributed by atoms with Gasteiger partial charge >= 0.3 is 6.03 Å². The lowest BCUT2D eigenvalue weighted by atomic mass is 10.2. The summed E-state index contributed by atoms with van der Waals surface area (Å²) in [7, 11) is 1.73. The zero-order chi connectivity index (χ0) is 16.1. The van der Waals surface area contributed by atoms with Gasteiger partial charge in [-0.15, -0.1) is 0 Å². The molecule has 0 bridgehead atoms. The van der Waals surface area contributed by atoms with E-state index in [-0.39, 0.29) is 11.8 Å². The van der Waals surface area contributed by atoms with Crippen molar-refractivity contribution >= 4 is 6.03 Å². The van der Waals surface area contributed by atoms with E-state index in [0.717, 1.165) is 6.42 Å². The third kappa shape index (κ3) is 3.81. The quantitative estimate of drug-likeness (QED) is 0.922. The molecule has 0 radical (unpaired) electrons. The van der Waals surface area contributed by atoms with Crippen LogP contribution in [0.15, 0.2) is 28.8 Å². The number of amides is 2. The Kier molecular flexibility index (Phi) is 5.08. The first-order chi connectivity index (χ1) is 10.5. The number of nitrogens with one attached hydrogen (secondary N) is 1. The van der Waals surface area contributed by atoms with Crippen LogP contribution < -0.4 is 5.32 Å². The van der Waals surface area contributed by atoms with Crippen LogP contribution in [0.2, 0.25) is 0 Å². The van der Waals surface area contributed by atoms with Crippen molar-refractivity contribution in [3.63, 3.8) is 0 Å². The van der Waals surface area contributed by atoms with E-state index < -0.39 is 6.04 Å². The molecule has 0 spiro atoms. The third-order valence-corrected chi connectivity index (χ3v) is 3.16. The van der Waals surface area contributed by atoms with Crippen molar-refractivity contribution in [2.24, 2.45) is 0 Å². The van der Waals surface area contributed by atoms with E-state index in [4.69, 9.17) is 4.52 Å². The maximum atomic E-state index is 12.9. The van der Waals surface area contributed by atoms with Gasteiger partial charge in [-0.25, -0.2) is 9.18 Å². The van der Waals surface area contributed by atoms with Crippen molar-refractivity contribution in [2.45, 2.75) is 26.3 Å². The van der Waals surface area contributed by atoms with Crippen molar-refractivity contribution < 1.29 is 13.7 Å². The van der Waals surface area contributed by atoms with Crippen LogP contribution in [0.1, 0.15) is 32.2 Å². The highest BCUT2D eigenvalue weighted by Gasteiger charge is 2.18. The van der Waals surface area contributed by atoms with Crippen molar-refractivity contribution in [2.75, 3.05) is 13.6 Å². The predicted octanol–water partition coefficient (Wildman–Crippen LogP) is 2.99. The fraction of sp³-hybridized carbons (Fsp3) is 0.400. The van der Waals surface area contributed by atoms with Gasteiger partial charge in [-0.3, -0.25) is 0 Å². The standard InChI is InChI=1S/C15H19FN4O2/c1-4-9-20(3)15(21)17-10(2)14-18-13(19-22-14)11-5-7-12(16)8-6-11/h5-8,10H,4,9H2,1-3H3,(H,17,21)/t10-/m0/s1. The lowest BCUT2D eigenvalue weighted by molar-refractivity contribution is 0.202. The minimum absolute atomic E-state index is 0.198. The van der Waals surface area contributed by atoms with Crippen molar-refractivity contribution in [3.05, 3.63) is 36.0 Å². The fourth-order valence-corrected chi connectivity index (χ4v) is 1.92. The second kappa shape index (κ2) is 7.02. The predicted molar refractivity (Wildman–Crippen MR) is 79.6 cm³/mol. The Balaban J connectivity index is 2.04. The number of benzene rings is 1. The third-order valence-electron chi connectivity index (χ3n) is 3.16. The SMILES string of the molecule is CCCN(C)C(=O)N[C@@H](C)c1nc(-c2ccc(F)cc2)no1. The number of nitrogens with zero attached hydrogens (tertiary/aromatic N) is 3. The monoisotopic (exact) mass is 306 g/mol. The van der Waals surface area contributed by atoms with Gasteiger partial charge in [0.05, 0.1) is 0 Å². The normalized spacial score (nSPS) is 12.0. The van der Waals surface area contributed by atoms with E-state index in [1.165, 1.54) is 12.1 Å². The molecule has 2 aromatic rings. The first-order valence-corrected chi connectivity index (χ1v) is 7.12. The van der Waals surface area contributed by atoms with Crippen LogP contribution in [0.4, 0.5) is 9.18 Å². The fourth-order valence-electron chi connectivity index (χ4n) is 1.92. The van der Waals surface area contributed by atoms with Gasteiger partial charge in [-0.05, 0) is 37.6 Å². The smallest absolute Gasteiger partial charge is 0.317 e. The minimum Gasteiger partial charge on any atom is -0.337 e. The molecule has 0 unspecified atom stereocenters. The van der Waals surface area contributed by atoms with Gasteiger partial charge in [0.1, 0.15) is 11.9 Å². The maximum Gasteiger partial charge on any atom is 0.317 e. The van der Waals surface area contributed by atoms with Crippen LogP contribution in [0.25, 0.3) is 11.4 Å². The van der Waals surface area contributed by atoms with Gasteiger partial charge in [-0.1, -0.05) is 12.1 Å². The minimum atomic E-state index is -0.409. The average molecular weight is 306 g/mol. The number of urea groups is 1. The molecule has 118 valence electrons. The zero-order valence-corrected chi connectivity index (χ0v) is 12.8. The molecule has 0 saturated carbocycles. The van der Waals surface area contributed by atoms with Crippen LogP contribution in [-0.4, -0.2) is 34.7 Å². The first-order valence-electron chi connectivity index (χ1n) is 7.12. The van der Waals surface area contributed by atoms with Crippen LogP contribution in [0.5, 0.6) is 0 Å². The lowest BCUT2D eigenvalue weighted by Crippen LogP contribution is -2.39. The summed E-state index contributed by atoms with van der Waals surface area (Å²) in [5.41, 5.74) is 0.651.